The van der Waals surface area contributed by atoms with E-state index >= 15 is 4.39 Å². The van der Waals surface area contributed by atoms with Crippen LogP contribution in [0.1, 0.15) is 56.9 Å². The molecule has 0 spiro atoms. The second kappa shape index (κ2) is 9.70. The van der Waals surface area contributed by atoms with Gasteiger partial charge < -0.3 is 10.0 Å². The molecule has 1 atom stereocenters. The number of aromatic carboxylic acids is 1. The molecule has 5 heterocycles. The lowest BCUT2D eigenvalue weighted by Gasteiger charge is -2.33. The van der Waals surface area contributed by atoms with Gasteiger partial charge in [-0.15, -0.1) is 11.3 Å². The van der Waals surface area contributed by atoms with E-state index in [0.717, 1.165) is 12.1 Å². The summed E-state index contributed by atoms with van der Waals surface area (Å²) in [5.41, 5.74) is 4.65. The Morgan fingerprint density at radius 2 is 1.97 bits per heavy atom. The molecule has 0 fully saturated rings. The summed E-state index contributed by atoms with van der Waals surface area (Å²) in [7, 11) is 0. The Bertz CT molecular complexity index is 1740. The van der Waals surface area contributed by atoms with Gasteiger partial charge in [0.1, 0.15) is 11.5 Å². The van der Waals surface area contributed by atoms with E-state index < -0.39 is 11.8 Å². The number of halogens is 1. The third-order valence-electron chi connectivity index (χ3n) is 7.14. The van der Waals surface area contributed by atoms with Crippen LogP contribution >= 0.6 is 11.3 Å². The Labute approximate surface area is 227 Å². The van der Waals surface area contributed by atoms with Gasteiger partial charge in [0.15, 0.2) is 5.65 Å². The van der Waals surface area contributed by atoms with Gasteiger partial charge in [0.25, 0.3) is 5.91 Å². The van der Waals surface area contributed by atoms with Crippen molar-refractivity contribution in [1.82, 2.24) is 24.5 Å². The van der Waals surface area contributed by atoms with Crippen LogP contribution in [0.15, 0.2) is 60.1 Å². The number of aromatic nitrogens is 4. The van der Waals surface area contributed by atoms with E-state index in [9.17, 15) is 9.59 Å². The van der Waals surface area contributed by atoms with Gasteiger partial charge in [0, 0.05) is 40.5 Å². The third-order valence-corrected chi connectivity index (χ3v) is 8.27. The first kappa shape index (κ1) is 24.9. The summed E-state index contributed by atoms with van der Waals surface area (Å²) < 4.78 is 16.9. The molecule has 39 heavy (non-hydrogen) atoms. The maximum Gasteiger partial charge on any atom is 0.337 e. The van der Waals surface area contributed by atoms with Crippen LogP contribution in [0, 0.1) is 5.82 Å². The van der Waals surface area contributed by atoms with Crippen molar-refractivity contribution in [3.05, 3.63) is 93.3 Å². The number of carbonyl (C=O) groups excluding carboxylic acids is 1. The second-order valence-corrected chi connectivity index (χ2v) is 10.4. The smallest absolute Gasteiger partial charge is 0.337 e. The van der Waals surface area contributed by atoms with Crippen LogP contribution < -0.4 is 0 Å². The van der Waals surface area contributed by atoms with Gasteiger partial charge in [-0.2, -0.15) is 5.10 Å². The van der Waals surface area contributed by atoms with Gasteiger partial charge in [0.2, 0.25) is 0 Å². The van der Waals surface area contributed by atoms with E-state index in [2.05, 4.69) is 26.5 Å². The summed E-state index contributed by atoms with van der Waals surface area (Å²) in [5, 5.41) is 15.7. The van der Waals surface area contributed by atoms with Crippen LogP contribution in [0.5, 0.6) is 0 Å². The lowest BCUT2D eigenvalue weighted by molar-refractivity contribution is 0.0672. The van der Waals surface area contributed by atoms with Crippen molar-refractivity contribution in [3.8, 4) is 22.5 Å². The highest BCUT2D eigenvalue weighted by Gasteiger charge is 2.30. The monoisotopic (exact) mass is 541 g/mol. The van der Waals surface area contributed by atoms with E-state index in [-0.39, 0.29) is 23.1 Å². The molecule has 4 aromatic heterocycles. The number of benzene rings is 1. The summed E-state index contributed by atoms with van der Waals surface area (Å²) in [6.07, 6.45) is 2.68. The number of thiophene rings is 1. The summed E-state index contributed by atoms with van der Waals surface area (Å²) in [5.74, 6) is -1.70. The highest BCUT2D eigenvalue weighted by molar-refractivity contribution is 7.10. The summed E-state index contributed by atoms with van der Waals surface area (Å²) >= 11 is 1.67. The first-order valence-electron chi connectivity index (χ1n) is 12.6. The molecule has 10 heteroatoms. The zero-order valence-electron chi connectivity index (χ0n) is 21.3. The fourth-order valence-electron chi connectivity index (χ4n) is 5.02. The molecular weight excluding hydrogens is 517 g/mol. The van der Waals surface area contributed by atoms with E-state index in [1.807, 2.05) is 18.7 Å². The molecule has 0 bridgehead atoms. The Hall–Kier alpha value is -4.44. The zero-order chi connectivity index (χ0) is 27.3. The maximum atomic E-state index is 15.3. The van der Waals surface area contributed by atoms with Gasteiger partial charge in [-0.05, 0) is 67.1 Å². The number of pyridine rings is 1. The van der Waals surface area contributed by atoms with Crippen molar-refractivity contribution in [1.29, 1.82) is 0 Å². The topological polar surface area (TPSA) is 101 Å². The minimum absolute atomic E-state index is 0.0211. The standard InChI is InChI=1S/C29H24FN5O3S/c1-3-20-13-25(28(36)34-10-8-17-9-11-39-27(17)16(34)2)32-26-14-24(33-35(20)26)21-6-4-18(12-22(21)30)23-7-5-19(15-31-23)29(37)38/h4-7,9,11-16H,3,8,10H2,1-2H3,(H,37,38). The molecule has 1 aromatic carbocycles. The van der Waals surface area contributed by atoms with Crippen molar-refractivity contribution in [3.63, 3.8) is 0 Å². The molecular formula is C29H24FN5O3S. The first-order valence-corrected chi connectivity index (χ1v) is 13.5. The van der Waals surface area contributed by atoms with Crippen LogP contribution in [0.2, 0.25) is 0 Å². The minimum atomic E-state index is -1.07. The van der Waals surface area contributed by atoms with Crippen LogP contribution in [0.3, 0.4) is 0 Å². The molecule has 1 unspecified atom stereocenters. The average molecular weight is 542 g/mol. The van der Waals surface area contributed by atoms with Crippen molar-refractivity contribution in [2.75, 3.05) is 6.54 Å². The predicted molar refractivity (Wildman–Crippen MR) is 145 cm³/mol. The molecule has 5 aromatic rings. The van der Waals surface area contributed by atoms with Gasteiger partial charge in [-0.1, -0.05) is 13.0 Å². The highest BCUT2D eigenvalue weighted by Crippen LogP contribution is 2.34. The first-order chi connectivity index (χ1) is 18.8. The number of hydrogen-bond acceptors (Lipinski definition) is 6. The van der Waals surface area contributed by atoms with Crippen LogP contribution in [0.25, 0.3) is 28.2 Å². The van der Waals surface area contributed by atoms with E-state index in [4.69, 9.17) is 5.11 Å². The van der Waals surface area contributed by atoms with E-state index in [1.54, 1.807) is 46.2 Å². The van der Waals surface area contributed by atoms with Gasteiger partial charge >= 0.3 is 5.97 Å². The molecule has 1 amide bonds. The van der Waals surface area contributed by atoms with Crippen LogP contribution in [-0.2, 0) is 12.8 Å². The molecule has 1 N–H and O–H groups in total. The number of nitrogens with zero attached hydrogens (tertiary/aromatic N) is 5. The molecule has 0 radical (unpaired) electrons. The summed E-state index contributed by atoms with van der Waals surface area (Å²) in [6.45, 7) is 4.66. The maximum absolute atomic E-state index is 15.3. The van der Waals surface area contributed by atoms with Crippen molar-refractivity contribution in [2.45, 2.75) is 32.7 Å². The Balaban J connectivity index is 1.33. The lowest BCUT2D eigenvalue weighted by atomic mass is 10.0. The molecule has 196 valence electrons. The third kappa shape index (κ3) is 4.36. The van der Waals surface area contributed by atoms with Crippen molar-refractivity contribution < 1.29 is 19.1 Å². The molecule has 8 nitrogen and oxygen atoms in total. The van der Waals surface area contributed by atoms with Gasteiger partial charge in [0.05, 0.1) is 23.0 Å². The molecule has 6 rings (SSSR count). The molecule has 1 aliphatic rings. The van der Waals surface area contributed by atoms with E-state index in [0.29, 0.717) is 41.3 Å². The Morgan fingerprint density at radius 1 is 1.13 bits per heavy atom. The number of hydrogen-bond donors (Lipinski definition) is 1. The quantitative estimate of drug-likeness (QED) is 0.307. The number of carboxylic acids is 1. The SMILES string of the molecule is CCc1cc(C(=O)N2CCc3ccsc3C2C)nc2cc(-c3ccc(-c4ccc(C(=O)O)cn4)cc3F)nn12. The normalized spacial score (nSPS) is 14.9. The lowest BCUT2D eigenvalue weighted by Crippen LogP contribution is -2.38. The van der Waals surface area contributed by atoms with Crippen LogP contribution in [-0.4, -0.2) is 48.0 Å². The predicted octanol–water partition coefficient (Wildman–Crippen LogP) is 5.68. The average Bonchev–Trinajstić information content (AvgIpc) is 3.60. The van der Waals surface area contributed by atoms with Gasteiger partial charge in [-0.25, -0.2) is 18.7 Å². The molecule has 1 aliphatic heterocycles. The number of carbonyl (C=O) groups is 2. The van der Waals surface area contributed by atoms with Gasteiger partial charge in [-0.3, -0.25) is 9.78 Å². The minimum Gasteiger partial charge on any atom is -0.478 e. The molecule has 0 saturated carbocycles. The Kier molecular flexibility index (Phi) is 6.19. The number of carboxylic acid groups (broad SMARTS) is 1. The number of rotatable bonds is 5. The number of aryl methyl sites for hydroxylation is 1. The van der Waals surface area contributed by atoms with E-state index in [1.165, 1.54) is 28.8 Å². The molecule has 0 aliphatic carbocycles. The number of amides is 1. The largest absolute Gasteiger partial charge is 0.478 e. The molecule has 0 saturated heterocycles. The fraction of sp³-hybridized carbons (Fsp3) is 0.207. The van der Waals surface area contributed by atoms with Crippen molar-refractivity contribution in [2.24, 2.45) is 0 Å². The second-order valence-electron chi connectivity index (χ2n) is 9.45. The fourth-order valence-corrected chi connectivity index (χ4v) is 6.05. The Morgan fingerprint density at radius 3 is 2.69 bits per heavy atom. The zero-order valence-corrected chi connectivity index (χ0v) is 22.1. The summed E-state index contributed by atoms with van der Waals surface area (Å²) in [4.78, 5) is 36.5. The van der Waals surface area contributed by atoms with Crippen molar-refractivity contribution >= 4 is 28.9 Å². The highest BCUT2D eigenvalue weighted by atomic mass is 32.1. The van der Waals surface area contributed by atoms with Crippen LogP contribution in [0.4, 0.5) is 4.39 Å². The summed E-state index contributed by atoms with van der Waals surface area (Å²) in [6, 6.07) is 13.2. The number of fused-ring (bicyclic) bond motifs is 2.